The smallest absolute Gasteiger partial charge is 0.0899 e. The molecule has 4 heterocycles. The molecule has 2 unspecified atom stereocenters. The van der Waals surface area contributed by atoms with Crippen LogP contribution < -0.4 is 5.73 Å². The van der Waals surface area contributed by atoms with Gasteiger partial charge in [-0.1, -0.05) is 6.92 Å². The van der Waals surface area contributed by atoms with Crippen LogP contribution in [0.2, 0.25) is 0 Å². The molecule has 0 spiro atoms. The minimum atomic E-state index is -0.635. The molecule has 4 fully saturated rings. The van der Waals surface area contributed by atoms with Crippen molar-refractivity contribution >= 4 is 0 Å². The van der Waals surface area contributed by atoms with Gasteiger partial charge in [-0.25, -0.2) is 0 Å². The lowest BCUT2D eigenvalue weighted by Gasteiger charge is -2.59. The Kier molecular flexibility index (Phi) is 1.97. The number of hydrogen-bond donors (Lipinski definition) is 2. The summed E-state index contributed by atoms with van der Waals surface area (Å²) in [4.78, 5) is 5.00. The van der Waals surface area contributed by atoms with E-state index in [1.807, 2.05) is 0 Å². The SMILES string of the molecule is CC12CN3CCN(CC(C3)[C@]1(O)CN)C2. The molecule has 0 aromatic rings. The molecule has 0 radical (unpaired) electrons. The molecule has 4 rings (SSSR count). The molecule has 4 heteroatoms. The van der Waals surface area contributed by atoms with E-state index in [-0.39, 0.29) is 5.41 Å². The van der Waals surface area contributed by atoms with Crippen molar-refractivity contribution < 1.29 is 5.11 Å². The topological polar surface area (TPSA) is 52.7 Å². The van der Waals surface area contributed by atoms with Gasteiger partial charge in [-0.2, -0.15) is 0 Å². The maximum absolute atomic E-state index is 10.8. The van der Waals surface area contributed by atoms with Gasteiger partial charge in [0.15, 0.2) is 0 Å². The summed E-state index contributed by atoms with van der Waals surface area (Å²) in [5.74, 6) is 0.345. The fraction of sp³-hybridized carbons (Fsp3) is 1.00. The number of rotatable bonds is 1. The highest BCUT2D eigenvalue weighted by atomic mass is 16.3. The Bertz CT molecular complexity index is 267. The predicted octanol–water partition coefficient (Wildman–Crippen LogP) is -1.06. The maximum Gasteiger partial charge on any atom is 0.0899 e. The van der Waals surface area contributed by atoms with Crippen molar-refractivity contribution in [2.45, 2.75) is 12.5 Å². The van der Waals surface area contributed by atoms with Crippen molar-refractivity contribution in [3.63, 3.8) is 0 Å². The standard InChI is InChI=1S/C11H21N3O/c1-10-7-13-2-3-14(8-10)5-9(4-13)11(10,15)6-12/h9,15H,2-8,12H2,1H3/t9?,10?,11-/m1/s1. The molecule has 4 nitrogen and oxygen atoms in total. The van der Waals surface area contributed by atoms with Gasteiger partial charge in [0.25, 0.3) is 0 Å². The third-order valence-corrected chi connectivity index (χ3v) is 4.87. The second-order valence-electron chi connectivity index (χ2n) is 5.86. The van der Waals surface area contributed by atoms with Crippen molar-refractivity contribution in [3.8, 4) is 0 Å². The third kappa shape index (κ3) is 1.16. The van der Waals surface area contributed by atoms with Crippen molar-refractivity contribution in [1.82, 2.24) is 9.80 Å². The van der Waals surface area contributed by atoms with Gasteiger partial charge < -0.3 is 20.6 Å². The molecule has 0 aliphatic carbocycles. The Labute approximate surface area is 91.0 Å². The van der Waals surface area contributed by atoms with Gasteiger partial charge >= 0.3 is 0 Å². The normalized spacial score (nSPS) is 58.2. The van der Waals surface area contributed by atoms with Crippen LogP contribution in [0.25, 0.3) is 0 Å². The molecule has 3 atom stereocenters. The molecule has 0 aromatic heterocycles. The molecule has 86 valence electrons. The van der Waals surface area contributed by atoms with E-state index >= 15 is 0 Å². The zero-order chi connectivity index (χ0) is 10.7. The van der Waals surface area contributed by atoms with Crippen LogP contribution in [0.3, 0.4) is 0 Å². The van der Waals surface area contributed by atoms with Gasteiger partial charge in [0.05, 0.1) is 5.60 Å². The summed E-state index contributed by atoms with van der Waals surface area (Å²) in [5.41, 5.74) is 5.17. The Hall–Kier alpha value is -0.160. The van der Waals surface area contributed by atoms with Crippen LogP contribution in [0, 0.1) is 11.3 Å². The average molecular weight is 211 g/mol. The van der Waals surface area contributed by atoms with Crippen molar-refractivity contribution in [2.24, 2.45) is 17.1 Å². The first kappa shape index (κ1) is 10.0. The van der Waals surface area contributed by atoms with E-state index in [0.29, 0.717) is 12.5 Å². The van der Waals surface area contributed by atoms with E-state index in [0.717, 1.165) is 39.3 Å². The number of nitrogens with zero attached hydrogens (tertiary/aromatic N) is 2. The van der Waals surface area contributed by atoms with Gasteiger partial charge in [-0.3, -0.25) is 0 Å². The summed E-state index contributed by atoms with van der Waals surface area (Å²) in [5, 5.41) is 10.8. The largest absolute Gasteiger partial charge is 0.388 e. The molecule has 0 amide bonds. The molecule has 0 aromatic carbocycles. The lowest BCUT2D eigenvalue weighted by molar-refractivity contribution is -0.184. The van der Waals surface area contributed by atoms with Crippen molar-refractivity contribution in [2.75, 3.05) is 45.8 Å². The fourth-order valence-corrected chi connectivity index (χ4v) is 3.95. The first-order valence-corrected chi connectivity index (χ1v) is 5.95. The molecule has 3 N–H and O–H groups in total. The summed E-state index contributed by atoms with van der Waals surface area (Å²) in [6.45, 7) is 9.01. The lowest BCUT2D eigenvalue weighted by atomic mass is 9.61. The summed E-state index contributed by atoms with van der Waals surface area (Å²) >= 11 is 0. The Balaban J connectivity index is 2.03. The molecular weight excluding hydrogens is 190 g/mol. The van der Waals surface area contributed by atoms with Crippen LogP contribution in [-0.2, 0) is 0 Å². The van der Waals surface area contributed by atoms with Gasteiger partial charge in [0.1, 0.15) is 0 Å². The maximum atomic E-state index is 10.8. The number of nitrogens with two attached hydrogens (primary N) is 1. The zero-order valence-corrected chi connectivity index (χ0v) is 9.45. The van der Waals surface area contributed by atoms with E-state index in [2.05, 4.69) is 16.7 Å². The number of hydrogen-bond acceptors (Lipinski definition) is 4. The summed E-state index contributed by atoms with van der Waals surface area (Å²) in [6.07, 6.45) is 0. The lowest BCUT2D eigenvalue weighted by Crippen LogP contribution is -2.72. The second-order valence-corrected chi connectivity index (χ2v) is 5.86. The van der Waals surface area contributed by atoms with Crippen LogP contribution in [0.15, 0.2) is 0 Å². The Morgan fingerprint density at radius 2 is 1.80 bits per heavy atom. The monoisotopic (exact) mass is 211 g/mol. The van der Waals surface area contributed by atoms with Crippen LogP contribution in [0.1, 0.15) is 6.92 Å². The fourth-order valence-electron chi connectivity index (χ4n) is 3.95. The molecule has 4 aliphatic heterocycles. The number of piperidine rings is 2. The minimum absolute atomic E-state index is 0.0284. The number of fused-ring (bicyclic) bond motifs is 1. The molecule has 15 heavy (non-hydrogen) atoms. The summed E-state index contributed by atoms with van der Waals surface area (Å²) in [6, 6.07) is 0. The van der Waals surface area contributed by atoms with E-state index in [4.69, 9.17) is 5.73 Å². The van der Waals surface area contributed by atoms with E-state index in [1.165, 1.54) is 0 Å². The van der Waals surface area contributed by atoms with E-state index in [9.17, 15) is 5.11 Å². The van der Waals surface area contributed by atoms with Crippen LogP contribution in [0.4, 0.5) is 0 Å². The van der Waals surface area contributed by atoms with E-state index in [1.54, 1.807) is 0 Å². The zero-order valence-electron chi connectivity index (χ0n) is 9.45. The van der Waals surface area contributed by atoms with Gasteiger partial charge in [0, 0.05) is 57.1 Å². The molecule has 0 saturated carbocycles. The number of aliphatic hydroxyl groups is 1. The summed E-state index contributed by atoms with van der Waals surface area (Å²) < 4.78 is 0. The van der Waals surface area contributed by atoms with Gasteiger partial charge in [-0.15, -0.1) is 0 Å². The van der Waals surface area contributed by atoms with Gasteiger partial charge in [0.2, 0.25) is 0 Å². The van der Waals surface area contributed by atoms with Crippen molar-refractivity contribution in [3.05, 3.63) is 0 Å². The van der Waals surface area contributed by atoms with Crippen LogP contribution in [0.5, 0.6) is 0 Å². The quantitative estimate of drug-likeness (QED) is 0.581. The summed E-state index contributed by atoms with van der Waals surface area (Å²) in [7, 11) is 0. The van der Waals surface area contributed by atoms with Crippen LogP contribution >= 0.6 is 0 Å². The average Bonchev–Trinajstić information content (AvgIpc) is 2.43. The van der Waals surface area contributed by atoms with Gasteiger partial charge in [-0.05, 0) is 0 Å². The first-order valence-electron chi connectivity index (χ1n) is 5.95. The second kappa shape index (κ2) is 2.94. The predicted molar refractivity (Wildman–Crippen MR) is 58.5 cm³/mol. The molecular formula is C11H21N3O. The van der Waals surface area contributed by atoms with Crippen LogP contribution in [-0.4, -0.2) is 66.3 Å². The highest BCUT2D eigenvalue weighted by Crippen LogP contribution is 2.47. The minimum Gasteiger partial charge on any atom is -0.388 e. The highest BCUT2D eigenvalue weighted by molar-refractivity contribution is 5.13. The molecule has 4 aliphatic rings. The molecule has 4 bridgehead atoms. The Morgan fingerprint density at radius 3 is 2.20 bits per heavy atom. The molecule has 4 saturated heterocycles. The Morgan fingerprint density at radius 1 is 1.27 bits per heavy atom. The third-order valence-electron chi connectivity index (χ3n) is 4.87. The van der Waals surface area contributed by atoms with Crippen molar-refractivity contribution in [1.29, 1.82) is 0 Å². The van der Waals surface area contributed by atoms with E-state index < -0.39 is 5.60 Å². The highest BCUT2D eigenvalue weighted by Gasteiger charge is 2.59. The first-order chi connectivity index (χ1) is 7.07.